The first-order valence-corrected chi connectivity index (χ1v) is 14.8. The molecule has 1 aliphatic rings. The van der Waals surface area contributed by atoms with Crippen molar-refractivity contribution < 1.29 is 8.78 Å². The molecule has 0 amide bonds. The Balaban J connectivity index is 1.31. The number of rotatable bonds is 8. The summed E-state index contributed by atoms with van der Waals surface area (Å²) in [6, 6.07) is 27.0. The minimum atomic E-state index is -0.751. The van der Waals surface area contributed by atoms with Crippen LogP contribution in [-0.4, -0.2) is 40.2 Å². The largest absolute Gasteiger partial charge is 0.363 e. The summed E-state index contributed by atoms with van der Waals surface area (Å²) in [5.41, 5.74) is 7.83. The van der Waals surface area contributed by atoms with Crippen LogP contribution in [0.25, 0.3) is 10.8 Å². The standard InChI is InChI=1S/C35H35F2N5O2/c1-24-33(40-18-16-39(17-19-40)21-25-14-15-26-8-5-6-11-28(26)20-25)34(43)42(23-32(38)27-9-3-2-4-10-27)35(44)41(24)22-29-30(36)12-7-13-31(29)37/h2-15,20,32H,16-19,21-23,38H2,1H3. The molecule has 2 N–H and O–H groups in total. The third-order valence-corrected chi connectivity index (χ3v) is 8.55. The van der Waals surface area contributed by atoms with Gasteiger partial charge in [0.25, 0.3) is 5.56 Å². The number of fused-ring (bicyclic) bond motifs is 1. The van der Waals surface area contributed by atoms with Crippen molar-refractivity contribution in [2.45, 2.75) is 32.6 Å². The molecule has 0 aliphatic carbocycles. The Morgan fingerprint density at radius 1 is 0.750 bits per heavy atom. The van der Waals surface area contributed by atoms with Gasteiger partial charge in [0.05, 0.1) is 13.1 Å². The smallest absolute Gasteiger partial charge is 0.331 e. The molecule has 9 heteroatoms. The Labute approximate surface area is 254 Å². The molecular formula is C35H35F2N5O2. The van der Waals surface area contributed by atoms with Crippen molar-refractivity contribution in [2.75, 3.05) is 31.1 Å². The lowest BCUT2D eigenvalue weighted by Gasteiger charge is -2.37. The molecule has 0 bridgehead atoms. The summed E-state index contributed by atoms with van der Waals surface area (Å²) in [4.78, 5) is 32.1. The summed E-state index contributed by atoms with van der Waals surface area (Å²) >= 11 is 0. The highest BCUT2D eigenvalue weighted by Crippen LogP contribution is 2.22. The number of anilines is 1. The summed E-state index contributed by atoms with van der Waals surface area (Å²) in [6.07, 6.45) is 0. The molecule has 44 heavy (non-hydrogen) atoms. The van der Waals surface area contributed by atoms with Crippen LogP contribution in [0.3, 0.4) is 0 Å². The van der Waals surface area contributed by atoms with Crippen molar-refractivity contribution in [3.8, 4) is 0 Å². The van der Waals surface area contributed by atoms with Crippen LogP contribution >= 0.6 is 0 Å². The van der Waals surface area contributed by atoms with Gasteiger partial charge in [-0.05, 0) is 47.0 Å². The van der Waals surface area contributed by atoms with Crippen LogP contribution in [0.1, 0.15) is 28.4 Å². The number of halogens is 2. The van der Waals surface area contributed by atoms with Gasteiger partial charge in [0.1, 0.15) is 17.3 Å². The van der Waals surface area contributed by atoms with Gasteiger partial charge in [-0.3, -0.25) is 18.8 Å². The lowest BCUT2D eigenvalue weighted by atomic mass is 10.1. The summed E-state index contributed by atoms with van der Waals surface area (Å²) in [6.45, 7) is 4.54. The van der Waals surface area contributed by atoms with E-state index < -0.39 is 28.9 Å². The lowest BCUT2D eigenvalue weighted by molar-refractivity contribution is 0.249. The SMILES string of the molecule is Cc1c(N2CCN(Cc3ccc4ccccc4c3)CC2)c(=O)n(CC(N)c2ccccc2)c(=O)n1Cc1c(F)cccc1F. The normalized spacial score (nSPS) is 14.7. The minimum absolute atomic E-state index is 0.0728. The zero-order chi connectivity index (χ0) is 30.8. The average molecular weight is 596 g/mol. The fourth-order valence-electron chi connectivity index (χ4n) is 6.07. The molecule has 0 spiro atoms. The van der Waals surface area contributed by atoms with E-state index in [-0.39, 0.29) is 18.7 Å². The van der Waals surface area contributed by atoms with Gasteiger partial charge in [-0.25, -0.2) is 13.6 Å². The molecule has 1 aliphatic heterocycles. The third-order valence-electron chi connectivity index (χ3n) is 8.55. The van der Waals surface area contributed by atoms with Gasteiger partial charge in [0.15, 0.2) is 0 Å². The van der Waals surface area contributed by atoms with Crippen LogP contribution in [0, 0.1) is 18.6 Å². The summed E-state index contributed by atoms with van der Waals surface area (Å²) in [7, 11) is 0. The molecule has 0 saturated carbocycles. The molecule has 226 valence electrons. The maximum atomic E-state index is 14.7. The second-order valence-corrected chi connectivity index (χ2v) is 11.4. The fourth-order valence-corrected chi connectivity index (χ4v) is 6.07. The van der Waals surface area contributed by atoms with Crippen LogP contribution < -0.4 is 21.9 Å². The van der Waals surface area contributed by atoms with Crippen molar-refractivity contribution in [3.05, 3.63) is 146 Å². The molecule has 4 aromatic carbocycles. The van der Waals surface area contributed by atoms with Gasteiger partial charge < -0.3 is 10.6 Å². The first-order chi connectivity index (χ1) is 21.3. The first-order valence-electron chi connectivity index (χ1n) is 14.8. The van der Waals surface area contributed by atoms with Gasteiger partial charge in [0.2, 0.25) is 0 Å². The van der Waals surface area contributed by atoms with E-state index in [1.807, 2.05) is 47.4 Å². The van der Waals surface area contributed by atoms with Crippen molar-refractivity contribution >= 4 is 16.5 Å². The highest BCUT2D eigenvalue weighted by Gasteiger charge is 2.26. The van der Waals surface area contributed by atoms with E-state index in [4.69, 9.17) is 5.73 Å². The predicted octanol–water partition coefficient (Wildman–Crippen LogP) is 4.82. The molecule has 7 nitrogen and oxygen atoms in total. The Morgan fingerprint density at radius 3 is 2.11 bits per heavy atom. The van der Waals surface area contributed by atoms with Crippen LogP contribution in [-0.2, 0) is 19.6 Å². The highest BCUT2D eigenvalue weighted by atomic mass is 19.1. The van der Waals surface area contributed by atoms with E-state index in [0.717, 1.165) is 28.8 Å². The van der Waals surface area contributed by atoms with E-state index >= 15 is 0 Å². The molecule has 0 radical (unpaired) electrons. The summed E-state index contributed by atoms with van der Waals surface area (Å²) < 4.78 is 31.8. The second kappa shape index (κ2) is 12.6. The van der Waals surface area contributed by atoms with Crippen LogP contribution in [0.2, 0.25) is 0 Å². The Kier molecular flexibility index (Phi) is 8.41. The molecule has 5 aromatic rings. The molecule has 1 aromatic heterocycles. The van der Waals surface area contributed by atoms with Crippen molar-refractivity contribution in [1.82, 2.24) is 14.0 Å². The van der Waals surface area contributed by atoms with E-state index in [1.165, 1.54) is 27.0 Å². The number of nitrogens with two attached hydrogens (primary N) is 1. The van der Waals surface area contributed by atoms with Gasteiger partial charge >= 0.3 is 5.69 Å². The van der Waals surface area contributed by atoms with E-state index in [2.05, 4.69) is 35.2 Å². The van der Waals surface area contributed by atoms with Gasteiger partial charge in [-0.2, -0.15) is 0 Å². The van der Waals surface area contributed by atoms with Gasteiger partial charge in [-0.1, -0.05) is 72.8 Å². The maximum Gasteiger partial charge on any atom is 0.331 e. The molecule has 6 rings (SSSR count). The zero-order valence-electron chi connectivity index (χ0n) is 24.6. The number of hydrogen-bond donors (Lipinski definition) is 1. The number of nitrogens with zero attached hydrogens (tertiary/aromatic N) is 4. The predicted molar refractivity (Wildman–Crippen MR) is 170 cm³/mol. The van der Waals surface area contributed by atoms with Crippen molar-refractivity contribution in [3.63, 3.8) is 0 Å². The third kappa shape index (κ3) is 5.93. The molecule has 1 atom stereocenters. The highest BCUT2D eigenvalue weighted by molar-refractivity contribution is 5.83. The van der Waals surface area contributed by atoms with Gasteiger partial charge in [0, 0.05) is 50.0 Å². The van der Waals surface area contributed by atoms with E-state index in [0.29, 0.717) is 37.6 Å². The molecule has 1 unspecified atom stereocenters. The molecule has 1 fully saturated rings. The van der Waals surface area contributed by atoms with Gasteiger partial charge in [-0.15, -0.1) is 0 Å². The van der Waals surface area contributed by atoms with Crippen LogP contribution in [0.4, 0.5) is 14.5 Å². The number of hydrogen-bond acceptors (Lipinski definition) is 5. The van der Waals surface area contributed by atoms with E-state index in [9.17, 15) is 18.4 Å². The monoisotopic (exact) mass is 595 g/mol. The van der Waals surface area contributed by atoms with E-state index in [1.54, 1.807) is 6.92 Å². The number of aromatic nitrogens is 2. The Bertz CT molecular complexity index is 1890. The Morgan fingerprint density at radius 2 is 1.41 bits per heavy atom. The average Bonchev–Trinajstić information content (AvgIpc) is 3.03. The van der Waals surface area contributed by atoms with Crippen LogP contribution in [0.15, 0.2) is 101 Å². The van der Waals surface area contributed by atoms with Crippen molar-refractivity contribution in [2.24, 2.45) is 5.73 Å². The summed E-state index contributed by atoms with van der Waals surface area (Å²) in [5.74, 6) is -1.50. The quantitative estimate of drug-likeness (QED) is 0.279. The summed E-state index contributed by atoms with van der Waals surface area (Å²) in [5, 5.41) is 2.40. The number of piperazine rings is 1. The molecule has 2 heterocycles. The lowest BCUT2D eigenvalue weighted by Crippen LogP contribution is -2.51. The topological polar surface area (TPSA) is 76.5 Å². The van der Waals surface area contributed by atoms with Crippen molar-refractivity contribution in [1.29, 1.82) is 0 Å². The maximum absolute atomic E-state index is 14.7. The number of benzene rings is 4. The molecular weight excluding hydrogens is 560 g/mol. The Hall–Kier alpha value is -4.60. The van der Waals surface area contributed by atoms with Crippen LogP contribution in [0.5, 0.6) is 0 Å². The molecule has 1 saturated heterocycles. The fraction of sp³-hybridized carbons (Fsp3) is 0.257. The minimum Gasteiger partial charge on any atom is -0.363 e. The first kappa shape index (κ1) is 29.5. The zero-order valence-corrected chi connectivity index (χ0v) is 24.6. The second-order valence-electron chi connectivity index (χ2n) is 11.4.